The molecule has 7 heteroatoms. The minimum atomic E-state index is -0.315. The Kier molecular flexibility index (Phi) is 5.24. The number of piperazine rings is 1. The van der Waals surface area contributed by atoms with Gasteiger partial charge >= 0.3 is 0 Å². The normalized spacial score (nSPS) is 20.7. The standard InChI is InChI=1S/C21H22ClN3O3/c1-28-18-7-5-16(6-8-18)23-9-11-24(12-10-23)19-14-20(26)25(21(19)27)17-4-2-3-15(22)13-17/h2-8,13,19H,9-12,14H2,1H3/p+1/t19-/m0/s1. The lowest BCUT2D eigenvalue weighted by Crippen LogP contribution is -3.19. The van der Waals surface area contributed by atoms with E-state index in [0.717, 1.165) is 37.6 Å². The number of hydrogen-bond donors (Lipinski definition) is 1. The van der Waals surface area contributed by atoms with E-state index in [0.29, 0.717) is 10.7 Å². The topological polar surface area (TPSA) is 54.3 Å². The molecule has 2 aliphatic rings. The maximum absolute atomic E-state index is 13.0. The van der Waals surface area contributed by atoms with Crippen LogP contribution in [0.15, 0.2) is 48.5 Å². The number of imide groups is 1. The van der Waals surface area contributed by atoms with Crippen LogP contribution in [0.4, 0.5) is 11.4 Å². The van der Waals surface area contributed by atoms with Crippen molar-refractivity contribution in [1.82, 2.24) is 0 Å². The highest BCUT2D eigenvalue weighted by Gasteiger charge is 2.46. The lowest BCUT2D eigenvalue weighted by atomic mass is 10.1. The van der Waals surface area contributed by atoms with Crippen molar-refractivity contribution in [3.63, 3.8) is 0 Å². The number of methoxy groups -OCH3 is 1. The summed E-state index contributed by atoms with van der Waals surface area (Å²) in [5, 5.41) is 0.516. The summed E-state index contributed by atoms with van der Waals surface area (Å²) in [6.45, 7) is 3.33. The molecule has 2 fully saturated rings. The summed E-state index contributed by atoms with van der Waals surface area (Å²) in [4.78, 5) is 30.3. The van der Waals surface area contributed by atoms with Gasteiger partial charge in [-0.3, -0.25) is 9.59 Å². The van der Waals surface area contributed by atoms with Crippen LogP contribution in [0.5, 0.6) is 5.75 Å². The molecule has 2 amide bonds. The molecule has 2 aromatic rings. The zero-order chi connectivity index (χ0) is 19.7. The van der Waals surface area contributed by atoms with Gasteiger partial charge in [0.15, 0.2) is 6.04 Å². The van der Waals surface area contributed by atoms with E-state index >= 15 is 0 Å². The van der Waals surface area contributed by atoms with Crippen molar-refractivity contribution in [2.24, 2.45) is 0 Å². The van der Waals surface area contributed by atoms with E-state index in [9.17, 15) is 9.59 Å². The maximum Gasteiger partial charge on any atom is 0.292 e. The molecular formula is C21H23ClN3O3+. The molecule has 0 radical (unpaired) electrons. The number of quaternary nitrogens is 1. The van der Waals surface area contributed by atoms with E-state index < -0.39 is 0 Å². The summed E-state index contributed by atoms with van der Waals surface area (Å²) in [5.41, 5.74) is 1.70. The first kappa shape index (κ1) is 18.8. The average molecular weight is 401 g/mol. The number of nitrogens with zero attached hydrogens (tertiary/aromatic N) is 2. The Morgan fingerprint density at radius 3 is 2.39 bits per heavy atom. The average Bonchev–Trinajstić information content (AvgIpc) is 3.02. The van der Waals surface area contributed by atoms with Gasteiger partial charge in [0.05, 0.1) is 45.4 Å². The molecule has 28 heavy (non-hydrogen) atoms. The van der Waals surface area contributed by atoms with E-state index in [4.69, 9.17) is 16.3 Å². The molecule has 2 aliphatic heterocycles. The van der Waals surface area contributed by atoms with Gasteiger partial charge in [-0.15, -0.1) is 0 Å². The van der Waals surface area contributed by atoms with Crippen molar-refractivity contribution in [2.75, 3.05) is 43.1 Å². The van der Waals surface area contributed by atoms with Crippen LogP contribution in [0, 0.1) is 0 Å². The molecule has 2 heterocycles. The Morgan fingerprint density at radius 1 is 1.04 bits per heavy atom. The van der Waals surface area contributed by atoms with Gasteiger partial charge in [0, 0.05) is 10.7 Å². The predicted octanol–water partition coefficient (Wildman–Crippen LogP) is 1.39. The van der Waals surface area contributed by atoms with Gasteiger partial charge in [0.1, 0.15) is 5.75 Å². The molecule has 6 nitrogen and oxygen atoms in total. The number of carbonyl (C=O) groups excluding carboxylic acids is 2. The molecule has 2 saturated heterocycles. The van der Waals surface area contributed by atoms with Crippen molar-refractivity contribution < 1.29 is 19.2 Å². The first-order valence-corrected chi connectivity index (χ1v) is 9.80. The molecule has 0 unspecified atom stereocenters. The molecule has 2 aromatic carbocycles. The maximum atomic E-state index is 13.0. The molecular weight excluding hydrogens is 378 g/mol. The van der Waals surface area contributed by atoms with Crippen LogP contribution in [0.1, 0.15) is 6.42 Å². The zero-order valence-corrected chi connectivity index (χ0v) is 16.5. The van der Waals surface area contributed by atoms with Gasteiger partial charge in [-0.05, 0) is 42.5 Å². The summed E-state index contributed by atoms with van der Waals surface area (Å²) < 4.78 is 5.21. The fraction of sp³-hybridized carbons (Fsp3) is 0.333. The van der Waals surface area contributed by atoms with E-state index in [-0.39, 0.29) is 24.3 Å². The first-order chi connectivity index (χ1) is 13.6. The monoisotopic (exact) mass is 400 g/mol. The molecule has 4 rings (SSSR count). The Hall–Kier alpha value is -2.57. The van der Waals surface area contributed by atoms with Gasteiger partial charge in [-0.1, -0.05) is 17.7 Å². The zero-order valence-electron chi connectivity index (χ0n) is 15.7. The Bertz CT molecular complexity index is 879. The lowest BCUT2D eigenvalue weighted by molar-refractivity contribution is -0.915. The number of benzene rings is 2. The van der Waals surface area contributed by atoms with Crippen molar-refractivity contribution in [2.45, 2.75) is 12.5 Å². The number of anilines is 2. The SMILES string of the molecule is COc1ccc(N2CC[NH+]([C@H]3CC(=O)N(c4cccc(Cl)c4)C3=O)CC2)cc1. The van der Waals surface area contributed by atoms with E-state index in [2.05, 4.69) is 17.0 Å². The Labute approximate surface area is 169 Å². The molecule has 0 saturated carbocycles. The highest BCUT2D eigenvalue weighted by Crippen LogP contribution is 2.25. The molecule has 0 aromatic heterocycles. The van der Waals surface area contributed by atoms with Crippen molar-refractivity contribution in [3.8, 4) is 5.75 Å². The van der Waals surface area contributed by atoms with E-state index in [1.807, 2.05) is 12.1 Å². The number of nitrogens with one attached hydrogen (secondary N) is 1. The number of carbonyl (C=O) groups is 2. The van der Waals surface area contributed by atoms with Crippen LogP contribution >= 0.6 is 11.6 Å². The fourth-order valence-corrected chi connectivity index (χ4v) is 4.22. The van der Waals surface area contributed by atoms with E-state index in [1.165, 1.54) is 9.80 Å². The fourth-order valence-electron chi connectivity index (χ4n) is 4.03. The Balaban J connectivity index is 1.42. The third-order valence-corrected chi connectivity index (χ3v) is 5.78. The van der Waals surface area contributed by atoms with Crippen LogP contribution in [-0.2, 0) is 9.59 Å². The number of amides is 2. The second-order valence-corrected chi connectivity index (χ2v) is 7.58. The molecule has 0 spiro atoms. The summed E-state index contributed by atoms with van der Waals surface area (Å²) in [5.74, 6) is 0.562. The minimum Gasteiger partial charge on any atom is -0.497 e. The third-order valence-electron chi connectivity index (χ3n) is 5.55. The van der Waals surface area contributed by atoms with Gasteiger partial charge in [0.2, 0.25) is 5.91 Å². The number of rotatable bonds is 4. The number of halogens is 1. The first-order valence-electron chi connectivity index (χ1n) is 9.43. The number of ether oxygens (including phenoxy) is 1. The highest BCUT2D eigenvalue weighted by molar-refractivity contribution is 6.31. The molecule has 0 aliphatic carbocycles. The van der Waals surface area contributed by atoms with Crippen LogP contribution in [0.25, 0.3) is 0 Å². The smallest absolute Gasteiger partial charge is 0.292 e. The van der Waals surface area contributed by atoms with Crippen LogP contribution in [0.3, 0.4) is 0 Å². The van der Waals surface area contributed by atoms with Gasteiger partial charge in [-0.25, -0.2) is 4.90 Å². The summed E-state index contributed by atoms with van der Waals surface area (Å²) >= 11 is 6.03. The molecule has 0 bridgehead atoms. The third kappa shape index (κ3) is 3.57. The van der Waals surface area contributed by atoms with Crippen molar-refractivity contribution >= 4 is 34.8 Å². The van der Waals surface area contributed by atoms with E-state index in [1.54, 1.807) is 31.4 Å². The van der Waals surface area contributed by atoms with Crippen molar-refractivity contribution in [3.05, 3.63) is 53.6 Å². The van der Waals surface area contributed by atoms with Crippen LogP contribution < -0.4 is 19.4 Å². The second kappa shape index (κ2) is 7.81. The number of hydrogen-bond acceptors (Lipinski definition) is 4. The van der Waals surface area contributed by atoms with Crippen molar-refractivity contribution in [1.29, 1.82) is 0 Å². The minimum absolute atomic E-state index is 0.125. The summed E-state index contributed by atoms with van der Waals surface area (Å²) in [6.07, 6.45) is 0.253. The quantitative estimate of drug-likeness (QED) is 0.788. The predicted molar refractivity (Wildman–Crippen MR) is 108 cm³/mol. The molecule has 1 N–H and O–H groups in total. The molecule has 1 atom stereocenters. The second-order valence-electron chi connectivity index (χ2n) is 7.15. The largest absolute Gasteiger partial charge is 0.497 e. The van der Waals surface area contributed by atoms with Gasteiger partial charge < -0.3 is 14.5 Å². The summed E-state index contributed by atoms with van der Waals surface area (Å²) in [7, 11) is 1.66. The Morgan fingerprint density at radius 2 is 1.75 bits per heavy atom. The lowest BCUT2D eigenvalue weighted by Gasteiger charge is -2.35. The molecule has 146 valence electrons. The van der Waals surface area contributed by atoms with Crippen LogP contribution in [0.2, 0.25) is 5.02 Å². The highest BCUT2D eigenvalue weighted by atomic mass is 35.5. The van der Waals surface area contributed by atoms with Crippen LogP contribution in [-0.4, -0.2) is 51.1 Å². The summed E-state index contributed by atoms with van der Waals surface area (Å²) in [6, 6.07) is 14.6. The van der Waals surface area contributed by atoms with Gasteiger partial charge in [0.25, 0.3) is 5.91 Å². The van der Waals surface area contributed by atoms with Gasteiger partial charge in [-0.2, -0.15) is 0 Å².